The molecule has 3 rings (SSSR count). The topological polar surface area (TPSA) is 123 Å². The van der Waals surface area contributed by atoms with Crippen LogP contribution in [0.1, 0.15) is 21.5 Å². The molecule has 0 aliphatic heterocycles. The third kappa shape index (κ3) is 5.61. The molecule has 10 heteroatoms. The number of nitrogens with zero attached hydrogens (tertiary/aromatic N) is 2. The van der Waals surface area contributed by atoms with Crippen molar-refractivity contribution < 1.29 is 24.3 Å². The van der Waals surface area contributed by atoms with E-state index in [1.807, 2.05) is 24.3 Å². The van der Waals surface area contributed by atoms with Gasteiger partial charge in [-0.25, -0.2) is 5.43 Å². The number of ether oxygens (including phenoxy) is 2. The third-order valence-corrected chi connectivity index (χ3v) is 4.86. The predicted molar refractivity (Wildman–Crippen MR) is 121 cm³/mol. The van der Waals surface area contributed by atoms with Crippen LogP contribution in [0.2, 0.25) is 0 Å². The summed E-state index contributed by atoms with van der Waals surface area (Å²) in [5.41, 5.74) is 3.23. The first kappa shape index (κ1) is 22.8. The zero-order chi connectivity index (χ0) is 23.1. The van der Waals surface area contributed by atoms with Gasteiger partial charge in [-0.15, -0.1) is 0 Å². The molecule has 32 heavy (non-hydrogen) atoms. The molecule has 0 aliphatic rings. The molecule has 0 atom stereocenters. The summed E-state index contributed by atoms with van der Waals surface area (Å²) in [5, 5.41) is 25.0. The fraction of sp³-hybridized carbons (Fsp3) is 0.0909. The molecular weight excluding hydrogens is 482 g/mol. The lowest BCUT2D eigenvalue weighted by atomic mass is 10.1. The largest absolute Gasteiger partial charge is 0.504 e. The van der Waals surface area contributed by atoms with Crippen LogP contribution in [-0.2, 0) is 6.61 Å². The number of non-ortho nitro benzene ring substituents is 1. The van der Waals surface area contributed by atoms with Crippen LogP contribution in [0.15, 0.2) is 70.2 Å². The van der Waals surface area contributed by atoms with Gasteiger partial charge in [-0.2, -0.15) is 5.10 Å². The highest BCUT2D eigenvalue weighted by Gasteiger charge is 2.16. The van der Waals surface area contributed by atoms with Crippen molar-refractivity contribution in [3.63, 3.8) is 0 Å². The van der Waals surface area contributed by atoms with E-state index >= 15 is 0 Å². The van der Waals surface area contributed by atoms with Crippen LogP contribution in [0.4, 0.5) is 5.69 Å². The molecule has 3 aromatic carbocycles. The quantitative estimate of drug-likeness (QED) is 0.268. The highest BCUT2D eigenvalue weighted by atomic mass is 79.9. The van der Waals surface area contributed by atoms with Crippen LogP contribution >= 0.6 is 15.9 Å². The van der Waals surface area contributed by atoms with Crippen molar-refractivity contribution in [1.29, 1.82) is 0 Å². The van der Waals surface area contributed by atoms with Crippen LogP contribution in [0, 0.1) is 10.1 Å². The van der Waals surface area contributed by atoms with E-state index < -0.39 is 10.8 Å². The zero-order valence-electron chi connectivity index (χ0n) is 16.8. The summed E-state index contributed by atoms with van der Waals surface area (Å²) in [6.45, 7) is 0.266. The van der Waals surface area contributed by atoms with Gasteiger partial charge in [-0.3, -0.25) is 14.9 Å². The molecule has 2 N–H and O–H groups in total. The maximum absolute atomic E-state index is 12.6. The monoisotopic (exact) mass is 499 g/mol. The Hall–Kier alpha value is -3.92. The van der Waals surface area contributed by atoms with Gasteiger partial charge in [-0.1, -0.05) is 40.2 Å². The minimum Gasteiger partial charge on any atom is -0.504 e. The molecule has 0 spiro atoms. The second-order valence-electron chi connectivity index (χ2n) is 6.45. The van der Waals surface area contributed by atoms with E-state index in [1.165, 1.54) is 7.11 Å². The summed E-state index contributed by atoms with van der Waals surface area (Å²) >= 11 is 3.37. The zero-order valence-corrected chi connectivity index (χ0v) is 18.4. The van der Waals surface area contributed by atoms with E-state index in [4.69, 9.17) is 9.47 Å². The number of rotatable bonds is 8. The number of carbonyl (C=O) groups is 1. The number of hydrazone groups is 1. The van der Waals surface area contributed by atoms with Crippen molar-refractivity contribution in [2.75, 3.05) is 7.11 Å². The van der Waals surface area contributed by atoms with Crippen molar-refractivity contribution in [2.24, 2.45) is 5.10 Å². The maximum Gasteiger partial charge on any atom is 0.275 e. The summed E-state index contributed by atoms with van der Waals surface area (Å²) in [7, 11) is 1.27. The molecule has 0 fully saturated rings. The lowest BCUT2D eigenvalue weighted by molar-refractivity contribution is -0.385. The van der Waals surface area contributed by atoms with Crippen molar-refractivity contribution in [1.82, 2.24) is 5.43 Å². The first-order valence-electron chi connectivity index (χ1n) is 9.24. The lowest BCUT2D eigenvalue weighted by Gasteiger charge is -2.10. The van der Waals surface area contributed by atoms with E-state index in [2.05, 4.69) is 26.5 Å². The van der Waals surface area contributed by atoms with Crippen LogP contribution < -0.4 is 14.9 Å². The minimum absolute atomic E-state index is 0.0103. The van der Waals surface area contributed by atoms with Gasteiger partial charge < -0.3 is 14.6 Å². The Balaban J connectivity index is 1.73. The number of hydrogen-bond acceptors (Lipinski definition) is 7. The first-order valence-corrected chi connectivity index (χ1v) is 10.0. The van der Waals surface area contributed by atoms with Crippen LogP contribution in [0.25, 0.3) is 0 Å². The highest BCUT2D eigenvalue weighted by molar-refractivity contribution is 9.10. The molecule has 0 aromatic heterocycles. The summed E-state index contributed by atoms with van der Waals surface area (Å²) in [5.74, 6) is -0.611. The first-order chi connectivity index (χ1) is 15.4. The van der Waals surface area contributed by atoms with E-state index in [-0.39, 0.29) is 34.9 Å². The number of nitro groups is 1. The molecule has 0 saturated carbocycles. The second-order valence-corrected chi connectivity index (χ2v) is 7.37. The number of benzene rings is 3. The highest BCUT2D eigenvalue weighted by Crippen LogP contribution is 2.33. The van der Waals surface area contributed by atoms with Crippen LogP contribution in [-0.4, -0.2) is 29.3 Å². The van der Waals surface area contributed by atoms with Gasteiger partial charge in [0.25, 0.3) is 11.6 Å². The molecule has 0 radical (unpaired) electrons. The van der Waals surface area contributed by atoms with Crippen LogP contribution in [0.5, 0.6) is 17.2 Å². The number of aromatic hydroxyl groups is 1. The van der Waals surface area contributed by atoms with Crippen molar-refractivity contribution in [3.8, 4) is 17.2 Å². The van der Waals surface area contributed by atoms with Crippen molar-refractivity contribution in [3.05, 3.63) is 91.9 Å². The Kier molecular flexibility index (Phi) is 7.40. The third-order valence-electron chi connectivity index (χ3n) is 4.33. The smallest absolute Gasteiger partial charge is 0.275 e. The number of halogens is 1. The summed E-state index contributed by atoms with van der Waals surface area (Å²) in [6.07, 6.45) is 1.09. The lowest BCUT2D eigenvalue weighted by Crippen LogP contribution is -2.18. The Bertz CT molecular complexity index is 1160. The van der Waals surface area contributed by atoms with Gasteiger partial charge in [0.2, 0.25) is 0 Å². The molecule has 1 amide bonds. The molecule has 164 valence electrons. The minimum atomic E-state index is -0.628. The SMILES string of the molecule is COc1cc([N+](=O)[O-])cc(/C=N/NC(=O)c2ccccc2OCc2ccc(Br)cc2)c1O. The van der Waals surface area contributed by atoms with Gasteiger partial charge in [0.1, 0.15) is 12.4 Å². The summed E-state index contributed by atoms with van der Waals surface area (Å²) in [4.78, 5) is 23.0. The van der Waals surface area contributed by atoms with E-state index in [1.54, 1.807) is 24.3 Å². The molecule has 0 saturated heterocycles. The Morgan fingerprint density at radius 2 is 1.91 bits per heavy atom. The van der Waals surface area contributed by atoms with Gasteiger partial charge in [-0.05, 0) is 29.8 Å². The van der Waals surface area contributed by atoms with E-state index in [0.717, 1.165) is 28.4 Å². The molecule has 0 bridgehead atoms. The molecule has 0 heterocycles. The number of nitro benzene ring substituents is 1. The number of para-hydroxylation sites is 1. The van der Waals surface area contributed by atoms with E-state index in [0.29, 0.717) is 5.75 Å². The fourth-order valence-corrected chi connectivity index (χ4v) is 2.98. The van der Waals surface area contributed by atoms with Gasteiger partial charge in [0, 0.05) is 16.1 Å². The molecule has 0 unspecified atom stereocenters. The molecule has 9 nitrogen and oxygen atoms in total. The number of phenolic OH excluding ortho intramolecular Hbond substituents is 1. The van der Waals surface area contributed by atoms with Gasteiger partial charge in [0.05, 0.1) is 29.9 Å². The molecule has 3 aromatic rings. The average Bonchev–Trinajstić information content (AvgIpc) is 2.79. The number of carbonyl (C=O) groups excluding carboxylic acids is 1. The standard InChI is InChI=1S/C22H18BrN3O6/c1-31-20-11-17(26(29)30)10-15(21(20)27)12-24-25-22(28)18-4-2-3-5-19(18)32-13-14-6-8-16(23)9-7-14/h2-12,27H,13H2,1H3,(H,25,28)/b24-12+. The normalized spacial score (nSPS) is 10.7. The number of methoxy groups -OCH3 is 1. The van der Waals surface area contributed by atoms with Gasteiger partial charge in [0.15, 0.2) is 11.5 Å². The number of amides is 1. The van der Waals surface area contributed by atoms with Gasteiger partial charge >= 0.3 is 0 Å². The second kappa shape index (κ2) is 10.4. The fourth-order valence-electron chi connectivity index (χ4n) is 2.72. The predicted octanol–water partition coefficient (Wildman–Crippen LogP) is 4.41. The van der Waals surface area contributed by atoms with Crippen LogP contribution in [0.3, 0.4) is 0 Å². The van der Waals surface area contributed by atoms with E-state index in [9.17, 15) is 20.0 Å². The number of phenols is 1. The Morgan fingerprint density at radius 1 is 1.19 bits per heavy atom. The summed E-state index contributed by atoms with van der Waals surface area (Å²) in [6, 6.07) is 16.5. The van der Waals surface area contributed by atoms with Crippen molar-refractivity contribution >= 4 is 33.7 Å². The molecule has 0 aliphatic carbocycles. The maximum atomic E-state index is 12.6. The number of hydrogen-bond donors (Lipinski definition) is 2. The van der Waals surface area contributed by atoms with Crippen molar-refractivity contribution in [2.45, 2.75) is 6.61 Å². The molecular formula is C22H18BrN3O6. The summed E-state index contributed by atoms with van der Waals surface area (Å²) < 4.78 is 11.7. The Morgan fingerprint density at radius 3 is 2.59 bits per heavy atom. The average molecular weight is 500 g/mol. The number of nitrogens with one attached hydrogen (secondary N) is 1. The Labute approximate surface area is 191 Å².